The number of aromatic nitrogens is 1. The van der Waals surface area contributed by atoms with Gasteiger partial charge in [0.15, 0.2) is 0 Å². The highest BCUT2D eigenvalue weighted by atomic mass is 35.5. The molecule has 130 valence electrons. The summed E-state index contributed by atoms with van der Waals surface area (Å²) in [7, 11) is -0.0688. The second-order valence-electron chi connectivity index (χ2n) is 5.55. The van der Waals surface area contributed by atoms with Gasteiger partial charge >= 0.3 is 0 Å². The molecule has 8 heteroatoms. The summed E-state index contributed by atoms with van der Waals surface area (Å²) in [5.41, 5.74) is 0.794. The van der Waals surface area contributed by atoms with Gasteiger partial charge in [0.25, 0.3) is 0 Å². The van der Waals surface area contributed by atoms with Gasteiger partial charge in [0.1, 0.15) is 4.90 Å². The fraction of sp³-hybridized carbons (Fsp3) is 0.312. The third-order valence-electron chi connectivity index (χ3n) is 3.40. The van der Waals surface area contributed by atoms with Crippen molar-refractivity contribution < 1.29 is 8.42 Å². The third-order valence-corrected chi connectivity index (χ3v) is 6.20. The molecule has 0 saturated heterocycles. The van der Waals surface area contributed by atoms with E-state index in [0.29, 0.717) is 13.1 Å². The van der Waals surface area contributed by atoms with Gasteiger partial charge in [-0.25, -0.2) is 8.42 Å². The van der Waals surface area contributed by atoms with Crippen LogP contribution in [0.15, 0.2) is 47.6 Å². The normalized spacial score (nSPS) is 12.1. The highest BCUT2D eigenvalue weighted by Crippen LogP contribution is 2.32. The first-order valence-corrected chi connectivity index (χ1v) is 9.50. The van der Waals surface area contributed by atoms with Crippen LogP contribution >= 0.6 is 23.2 Å². The summed E-state index contributed by atoms with van der Waals surface area (Å²) in [4.78, 5) is 5.90. The highest BCUT2D eigenvalue weighted by Gasteiger charge is 2.29. The Hall–Kier alpha value is -1.18. The Morgan fingerprint density at radius 3 is 2.25 bits per heavy atom. The lowest BCUT2D eigenvalue weighted by Crippen LogP contribution is -2.36. The molecule has 0 spiro atoms. The van der Waals surface area contributed by atoms with Gasteiger partial charge in [-0.15, -0.1) is 0 Å². The molecule has 0 amide bonds. The number of nitrogens with zero attached hydrogens (tertiary/aromatic N) is 3. The number of pyridine rings is 1. The van der Waals surface area contributed by atoms with Crippen molar-refractivity contribution >= 4 is 33.2 Å². The predicted octanol–water partition coefficient (Wildman–Crippen LogP) is 3.14. The molecule has 0 bridgehead atoms. The minimum Gasteiger partial charge on any atom is -0.308 e. The number of halogens is 2. The van der Waals surface area contributed by atoms with E-state index >= 15 is 0 Å². The van der Waals surface area contributed by atoms with Gasteiger partial charge in [-0.2, -0.15) is 4.31 Å². The number of likely N-dealkylation sites (N-methyl/N-ethyl adjacent to an activating group) is 1. The van der Waals surface area contributed by atoms with Crippen molar-refractivity contribution in [2.75, 3.05) is 27.2 Å². The average Bonchev–Trinajstić information content (AvgIpc) is 2.51. The molecule has 0 saturated carbocycles. The molecular formula is C16H19Cl2N3O2S. The van der Waals surface area contributed by atoms with Gasteiger partial charge in [0, 0.05) is 32.0 Å². The maximum atomic E-state index is 13.1. The Labute approximate surface area is 152 Å². The fourth-order valence-corrected chi connectivity index (χ4v) is 4.66. The number of hydrogen-bond donors (Lipinski definition) is 0. The van der Waals surface area contributed by atoms with E-state index < -0.39 is 10.0 Å². The molecule has 0 unspecified atom stereocenters. The summed E-state index contributed by atoms with van der Waals surface area (Å²) in [5, 5.41) is 0.229. The molecule has 0 N–H and O–H groups in total. The van der Waals surface area contributed by atoms with Crippen molar-refractivity contribution in [2.24, 2.45) is 0 Å². The lowest BCUT2D eigenvalue weighted by Gasteiger charge is -2.24. The summed E-state index contributed by atoms with van der Waals surface area (Å²) >= 11 is 12.2. The molecule has 1 aromatic heterocycles. The van der Waals surface area contributed by atoms with E-state index in [1.165, 1.54) is 16.4 Å². The Morgan fingerprint density at radius 1 is 1.04 bits per heavy atom. The molecule has 1 heterocycles. The van der Waals surface area contributed by atoms with E-state index in [2.05, 4.69) is 4.98 Å². The molecule has 0 fully saturated rings. The van der Waals surface area contributed by atoms with Crippen LogP contribution in [0, 0.1) is 0 Å². The molecule has 1 aromatic carbocycles. The zero-order valence-corrected chi connectivity index (χ0v) is 15.8. The topological polar surface area (TPSA) is 53.5 Å². The van der Waals surface area contributed by atoms with Crippen LogP contribution in [-0.4, -0.2) is 49.8 Å². The van der Waals surface area contributed by atoms with Gasteiger partial charge in [-0.1, -0.05) is 35.3 Å². The van der Waals surface area contributed by atoms with Crippen LogP contribution in [0.25, 0.3) is 0 Å². The molecule has 0 radical (unpaired) electrons. The average molecular weight is 388 g/mol. The minimum absolute atomic E-state index is 0.0593. The van der Waals surface area contributed by atoms with E-state index in [1.807, 2.05) is 25.1 Å². The zero-order valence-electron chi connectivity index (χ0n) is 13.5. The van der Waals surface area contributed by atoms with E-state index in [9.17, 15) is 8.42 Å². The van der Waals surface area contributed by atoms with Crippen LogP contribution in [0.1, 0.15) is 5.56 Å². The zero-order chi connectivity index (χ0) is 17.7. The first kappa shape index (κ1) is 19.1. The van der Waals surface area contributed by atoms with Gasteiger partial charge < -0.3 is 4.90 Å². The number of hydrogen-bond acceptors (Lipinski definition) is 4. The monoisotopic (exact) mass is 387 g/mol. The second-order valence-corrected chi connectivity index (χ2v) is 8.24. The fourth-order valence-electron chi connectivity index (χ4n) is 2.15. The Bertz CT molecular complexity index is 763. The van der Waals surface area contributed by atoms with Crippen molar-refractivity contribution in [1.29, 1.82) is 0 Å². The Kier molecular flexibility index (Phi) is 6.60. The molecule has 0 aliphatic heterocycles. The molecule has 0 aliphatic carbocycles. The van der Waals surface area contributed by atoms with E-state index in [0.717, 1.165) is 5.56 Å². The van der Waals surface area contributed by atoms with Crippen LogP contribution in [0.5, 0.6) is 0 Å². The molecular weight excluding hydrogens is 369 g/mol. The van der Waals surface area contributed by atoms with Crippen LogP contribution < -0.4 is 0 Å². The van der Waals surface area contributed by atoms with Crippen molar-refractivity contribution in [3.05, 3.63) is 58.3 Å². The van der Waals surface area contributed by atoms with Crippen LogP contribution in [0.2, 0.25) is 10.0 Å². The van der Waals surface area contributed by atoms with Gasteiger partial charge in [-0.05, 0) is 37.9 Å². The predicted molar refractivity (Wildman–Crippen MR) is 96.8 cm³/mol. The highest BCUT2D eigenvalue weighted by molar-refractivity contribution is 7.89. The maximum Gasteiger partial charge on any atom is 0.246 e. The summed E-state index contributed by atoms with van der Waals surface area (Å²) < 4.78 is 27.6. The quantitative estimate of drug-likeness (QED) is 0.731. The maximum absolute atomic E-state index is 13.1. The van der Waals surface area contributed by atoms with E-state index in [4.69, 9.17) is 23.2 Å². The Balaban J connectivity index is 2.41. The number of benzene rings is 1. The van der Waals surface area contributed by atoms with Crippen molar-refractivity contribution in [3.63, 3.8) is 0 Å². The number of rotatable bonds is 7. The SMILES string of the molecule is CN(C)CCN(Cc1cccnc1)S(=O)(=O)c1c(Cl)cccc1Cl. The van der Waals surface area contributed by atoms with Crippen LogP contribution in [0.4, 0.5) is 0 Å². The summed E-state index contributed by atoms with van der Waals surface area (Å²) in [5.74, 6) is 0. The lowest BCUT2D eigenvalue weighted by molar-refractivity contribution is 0.329. The lowest BCUT2D eigenvalue weighted by atomic mass is 10.3. The molecule has 5 nitrogen and oxygen atoms in total. The third kappa shape index (κ3) is 4.68. The first-order valence-electron chi connectivity index (χ1n) is 7.30. The van der Waals surface area contributed by atoms with Crippen molar-refractivity contribution in [3.8, 4) is 0 Å². The standard InChI is InChI=1S/C16H19Cl2N3O2S/c1-20(2)9-10-21(12-13-5-4-8-19-11-13)24(22,23)16-14(17)6-3-7-15(16)18/h3-8,11H,9-10,12H2,1-2H3. The van der Waals surface area contributed by atoms with Crippen molar-refractivity contribution in [2.45, 2.75) is 11.4 Å². The largest absolute Gasteiger partial charge is 0.308 e. The number of sulfonamides is 1. The molecule has 2 rings (SSSR count). The Morgan fingerprint density at radius 2 is 1.71 bits per heavy atom. The van der Waals surface area contributed by atoms with E-state index in [1.54, 1.807) is 24.5 Å². The minimum atomic E-state index is -3.84. The molecule has 0 atom stereocenters. The second kappa shape index (κ2) is 8.27. The first-order chi connectivity index (χ1) is 11.3. The van der Waals surface area contributed by atoms with Crippen LogP contribution in [0.3, 0.4) is 0 Å². The van der Waals surface area contributed by atoms with Crippen molar-refractivity contribution in [1.82, 2.24) is 14.2 Å². The van der Waals surface area contributed by atoms with Crippen LogP contribution in [-0.2, 0) is 16.6 Å². The molecule has 0 aliphatic rings. The summed E-state index contributed by atoms with van der Waals surface area (Å²) in [6.45, 7) is 1.08. The van der Waals surface area contributed by atoms with E-state index in [-0.39, 0.29) is 21.5 Å². The summed E-state index contributed by atoms with van der Waals surface area (Å²) in [6.07, 6.45) is 3.29. The van der Waals surface area contributed by atoms with Gasteiger partial charge in [0.2, 0.25) is 10.0 Å². The smallest absolute Gasteiger partial charge is 0.246 e. The summed E-state index contributed by atoms with van der Waals surface area (Å²) in [6, 6.07) is 8.27. The van der Waals surface area contributed by atoms with Gasteiger partial charge in [0.05, 0.1) is 10.0 Å². The molecule has 24 heavy (non-hydrogen) atoms. The van der Waals surface area contributed by atoms with Gasteiger partial charge in [-0.3, -0.25) is 4.98 Å². The molecule has 2 aromatic rings.